The molecule has 0 unspecified atom stereocenters. The minimum absolute atomic E-state index is 0.0530. The maximum absolute atomic E-state index is 2.53. The van der Waals surface area contributed by atoms with Gasteiger partial charge in [-0.1, -0.05) is 125 Å². The van der Waals surface area contributed by atoms with Gasteiger partial charge in [0.25, 0.3) is 0 Å². The van der Waals surface area contributed by atoms with Crippen LogP contribution in [0.1, 0.15) is 51.7 Å². The molecule has 0 aliphatic heterocycles. The molecule has 10 aromatic rings. The highest BCUT2D eigenvalue weighted by atomic mass is 15.0. The molecule has 0 bridgehead atoms. The van der Waals surface area contributed by atoms with E-state index in [1.807, 2.05) is 0 Å². The van der Waals surface area contributed by atoms with E-state index in [2.05, 4.69) is 182 Å². The lowest BCUT2D eigenvalue weighted by atomic mass is 9.62. The first-order valence-electron chi connectivity index (χ1n) is 18.8. The number of para-hydroxylation sites is 2. The van der Waals surface area contributed by atoms with Crippen molar-refractivity contribution >= 4 is 75.9 Å². The summed E-state index contributed by atoms with van der Waals surface area (Å²) in [5.41, 5.74) is 10.6. The van der Waals surface area contributed by atoms with Crippen LogP contribution >= 0.6 is 0 Å². The second-order valence-corrected chi connectivity index (χ2v) is 16.4. The molecule has 0 radical (unpaired) electrons. The van der Waals surface area contributed by atoms with Crippen LogP contribution < -0.4 is 0 Å². The number of hydrogen-bond donors (Lipinski definition) is 0. The van der Waals surface area contributed by atoms with Gasteiger partial charge in [0.2, 0.25) is 0 Å². The van der Waals surface area contributed by atoms with Crippen molar-refractivity contribution in [3.63, 3.8) is 0 Å². The van der Waals surface area contributed by atoms with Crippen LogP contribution in [0.15, 0.2) is 146 Å². The predicted octanol–water partition coefficient (Wildman–Crippen LogP) is 13.7. The first-order chi connectivity index (χ1) is 25.3. The molecule has 0 N–H and O–H groups in total. The fourth-order valence-electron chi connectivity index (χ4n) is 9.96. The molecular weight excluding hydrogens is 629 g/mol. The van der Waals surface area contributed by atoms with Crippen LogP contribution in [-0.2, 0) is 10.8 Å². The molecular formula is C50H40N2. The van der Waals surface area contributed by atoms with E-state index in [4.69, 9.17) is 0 Å². The molecule has 0 fully saturated rings. The number of rotatable bonds is 2. The lowest BCUT2D eigenvalue weighted by molar-refractivity contribution is 0.334. The average Bonchev–Trinajstić information content (AvgIpc) is 3.68. The fourth-order valence-corrected chi connectivity index (χ4v) is 9.96. The van der Waals surface area contributed by atoms with Crippen LogP contribution in [0.4, 0.5) is 0 Å². The molecule has 0 spiro atoms. The number of aromatic nitrogens is 2. The average molecular weight is 669 g/mol. The third kappa shape index (κ3) is 3.90. The molecule has 11 rings (SSSR count). The summed E-state index contributed by atoms with van der Waals surface area (Å²) in [6.45, 7) is 9.81. The van der Waals surface area contributed by atoms with E-state index in [9.17, 15) is 0 Å². The lowest BCUT2D eigenvalue weighted by Gasteiger charge is -2.42. The number of nitrogens with zero attached hydrogens (tertiary/aromatic N) is 2. The van der Waals surface area contributed by atoms with Crippen molar-refractivity contribution in [3.05, 3.63) is 157 Å². The highest BCUT2D eigenvalue weighted by molar-refractivity contribution is 6.36. The summed E-state index contributed by atoms with van der Waals surface area (Å²) in [6, 6.07) is 54.5. The molecule has 0 amide bonds. The zero-order valence-corrected chi connectivity index (χ0v) is 30.2. The van der Waals surface area contributed by atoms with Crippen molar-refractivity contribution in [1.82, 2.24) is 9.13 Å². The monoisotopic (exact) mass is 668 g/mol. The summed E-state index contributed by atoms with van der Waals surface area (Å²) >= 11 is 0. The topological polar surface area (TPSA) is 9.86 Å². The highest BCUT2D eigenvalue weighted by Crippen LogP contribution is 2.52. The molecule has 52 heavy (non-hydrogen) atoms. The Kier molecular flexibility index (Phi) is 5.94. The molecule has 250 valence electrons. The SMILES string of the molecule is CC1(C)CCC(C)(C)c2c1ccc1c2c2cc3c(cc2n1-c1ccccc1)c1c2c4ccccc4c4ccccc4c2ccc1n3-c1ccccc1. The Hall–Kier alpha value is -5.86. The van der Waals surface area contributed by atoms with Crippen LogP contribution in [-0.4, -0.2) is 9.13 Å². The summed E-state index contributed by atoms with van der Waals surface area (Å²) in [6.07, 6.45) is 2.36. The Morgan fingerprint density at radius 3 is 1.40 bits per heavy atom. The maximum Gasteiger partial charge on any atom is 0.0549 e. The van der Waals surface area contributed by atoms with Crippen LogP contribution in [0.2, 0.25) is 0 Å². The number of benzene rings is 8. The van der Waals surface area contributed by atoms with E-state index < -0.39 is 0 Å². The van der Waals surface area contributed by atoms with E-state index in [-0.39, 0.29) is 10.8 Å². The predicted molar refractivity (Wildman–Crippen MR) is 223 cm³/mol. The van der Waals surface area contributed by atoms with Gasteiger partial charge in [0.05, 0.1) is 22.1 Å². The Morgan fingerprint density at radius 1 is 0.365 bits per heavy atom. The van der Waals surface area contributed by atoms with E-state index in [0.717, 1.165) is 0 Å². The molecule has 8 aromatic carbocycles. The van der Waals surface area contributed by atoms with E-state index in [1.165, 1.54) is 111 Å². The van der Waals surface area contributed by atoms with Gasteiger partial charge in [0, 0.05) is 38.3 Å². The standard InChI is InChI=1S/C50H40N2/c1-49(2)27-28-50(3,4)48-40(49)24-26-42-47(48)39-30-43-38(29-44(39)52(42)32-17-9-6-10-18-32)46-41(51(43)31-15-7-5-8-16-31)25-23-37-35-21-12-11-19-33(35)34-20-13-14-22-36(34)45(37)46/h5-26,29-30H,27-28H2,1-4H3. The van der Waals surface area contributed by atoms with Gasteiger partial charge < -0.3 is 9.13 Å². The number of fused-ring (bicyclic) bond motifs is 15. The normalized spacial score (nSPS) is 15.5. The molecule has 2 aromatic heterocycles. The van der Waals surface area contributed by atoms with Gasteiger partial charge in [-0.05, 0) is 110 Å². The van der Waals surface area contributed by atoms with Gasteiger partial charge in [-0.25, -0.2) is 0 Å². The second-order valence-electron chi connectivity index (χ2n) is 16.4. The van der Waals surface area contributed by atoms with E-state index >= 15 is 0 Å². The van der Waals surface area contributed by atoms with Crippen molar-refractivity contribution in [2.75, 3.05) is 0 Å². The van der Waals surface area contributed by atoms with Gasteiger partial charge in [0.15, 0.2) is 0 Å². The van der Waals surface area contributed by atoms with Crippen molar-refractivity contribution in [1.29, 1.82) is 0 Å². The van der Waals surface area contributed by atoms with E-state index in [1.54, 1.807) is 0 Å². The minimum atomic E-state index is 0.0530. The summed E-state index contributed by atoms with van der Waals surface area (Å²) in [7, 11) is 0. The first-order valence-corrected chi connectivity index (χ1v) is 18.8. The smallest absolute Gasteiger partial charge is 0.0549 e. The van der Waals surface area contributed by atoms with Crippen molar-refractivity contribution in [2.45, 2.75) is 51.4 Å². The second kappa shape index (κ2) is 10.4. The van der Waals surface area contributed by atoms with Gasteiger partial charge in [-0.15, -0.1) is 0 Å². The molecule has 2 heterocycles. The Labute approximate surface area is 303 Å². The van der Waals surface area contributed by atoms with Crippen molar-refractivity contribution in [2.24, 2.45) is 0 Å². The van der Waals surface area contributed by atoms with Gasteiger partial charge in [0.1, 0.15) is 0 Å². The van der Waals surface area contributed by atoms with Gasteiger partial charge in [-0.3, -0.25) is 0 Å². The molecule has 0 saturated heterocycles. The largest absolute Gasteiger partial charge is 0.309 e. The Balaban J connectivity index is 1.42. The molecule has 0 atom stereocenters. The molecule has 0 saturated carbocycles. The maximum atomic E-state index is 2.53. The highest BCUT2D eigenvalue weighted by Gasteiger charge is 2.39. The van der Waals surface area contributed by atoms with Crippen LogP contribution in [0.5, 0.6) is 0 Å². The Bertz CT molecular complexity index is 3060. The van der Waals surface area contributed by atoms with Crippen LogP contribution in [0, 0.1) is 0 Å². The molecule has 1 aliphatic carbocycles. The van der Waals surface area contributed by atoms with Gasteiger partial charge in [-0.2, -0.15) is 0 Å². The summed E-state index contributed by atoms with van der Waals surface area (Å²) in [5, 5.41) is 13.2. The summed E-state index contributed by atoms with van der Waals surface area (Å²) in [4.78, 5) is 0. The van der Waals surface area contributed by atoms with Crippen LogP contribution in [0.25, 0.3) is 87.3 Å². The molecule has 2 heteroatoms. The minimum Gasteiger partial charge on any atom is -0.309 e. The van der Waals surface area contributed by atoms with E-state index in [0.29, 0.717) is 0 Å². The first kappa shape index (κ1) is 29.8. The van der Waals surface area contributed by atoms with Crippen molar-refractivity contribution < 1.29 is 0 Å². The zero-order valence-electron chi connectivity index (χ0n) is 30.2. The molecule has 1 aliphatic rings. The fraction of sp³-hybridized carbons (Fsp3) is 0.160. The number of hydrogen-bond acceptors (Lipinski definition) is 0. The van der Waals surface area contributed by atoms with Crippen LogP contribution in [0.3, 0.4) is 0 Å². The quantitative estimate of drug-likeness (QED) is 0.162. The zero-order chi connectivity index (χ0) is 34.9. The Morgan fingerprint density at radius 2 is 0.808 bits per heavy atom. The third-order valence-corrected chi connectivity index (χ3v) is 12.5. The third-order valence-electron chi connectivity index (χ3n) is 12.5. The summed E-state index contributed by atoms with van der Waals surface area (Å²) in [5.74, 6) is 0. The molecule has 2 nitrogen and oxygen atoms in total. The van der Waals surface area contributed by atoms with Crippen molar-refractivity contribution in [3.8, 4) is 11.4 Å². The summed E-state index contributed by atoms with van der Waals surface area (Å²) < 4.78 is 5.05. The van der Waals surface area contributed by atoms with Gasteiger partial charge >= 0.3 is 0 Å². The lowest BCUT2D eigenvalue weighted by Crippen LogP contribution is -2.34.